The van der Waals surface area contributed by atoms with Crippen molar-refractivity contribution in [1.82, 2.24) is 4.40 Å². The van der Waals surface area contributed by atoms with Crippen LogP contribution in [0.25, 0.3) is 126 Å². The molecule has 0 aliphatic heterocycles. The second-order valence-corrected chi connectivity index (χ2v) is 20.7. The number of benzene rings is 13. The van der Waals surface area contributed by atoms with Crippen LogP contribution in [-0.4, -0.2) is 4.40 Å². The fourth-order valence-electron chi connectivity index (χ4n) is 13.1. The Morgan fingerprint density at radius 2 is 0.620 bits per heavy atom. The quantitative estimate of drug-likeness (QED) is 0.152. The van der Waals surface area contributed by atoms with Crippen molar-refractivity contribution in [2.75, 3.05) is 9.80 Å². The maximum absolute atomic E-state index is 7.25. The van der Waals surface area contributed by atoms with Gasteiger partial charge in [0.05, 0.1) is 39.3 Å². The van der Waals surface area contributed by atoms with Gasteiger partial charge in [-0.1, -0.05) is 224 Å². The molecule has 0 saturated heterocycles. The SMILES string of the molecule is c1ccc(-c2cccc3c2oc2c(N(c4ccccc4)c4c5ccccc5cc5c4c4cccc6c7c(N(c8ccccc8)c8cccc9c8oc8c(-c%10ccccc%10)cccc89)c8ccccc8cc7n5c46)cccc23)cc1. The molecule has 0 bridgehead atoms. The van der Waals surface area contributed by atoms with Crippen LogP contribution in [-0.2, 0) is 0 Å². The van der Waals surface area contributed by atoms with E-state index in [1.54, 1.807) is 0 Å². The molecule has 0 aliphatic rings. The molecular weight excluding hydrogens is 963 g/mol. The van der Waals surface area contributed by atoms with Crippen molar-refractivity contribution < 1.29 is 8.83 Å². The van der Waals surface area contributed by atoms with Crippen LogP contribution in [0.1, 0.15) is 0 Å². The van der Waals surface area contributed by atoms with Gasteiger partial charge in [0.15, 0.2) is 11.2 Å². The molecular formula is C74H45N3O2. The Hall–Kier alpha value is -10.6. The van der Waals surface area contributed by atoms with Gasteiger partial charge in [-0.15, -0.1) is 0 Å². The summed E-state index contributed by atoms with van der Waals surface area (Å²) < 4.78 is 17.0. The van der Waals surface area contributed by atoms with Crippen LogP contribution in [0.2, 0.25) is 0 Å². The summed E-state index contributed by atoms with van der Waals surface area (Å²) in [7, 11) is 0. The third kappa shape index (κ3) is 6.33. The molecule has 13 aromatic carbocycles. The summed E-state index contributed by atoms with van der Waals surface area (Å²) in [4.78, 5) is 4.91. The molecule has 0 N–H and O–H groups in total. The number of nitrogens with zero attached hydrogens (tertiary/aromatic N) is 3. The second kappa shape index (κ2) is 16.9. The number of hydrogen-bond donors (Lipinski definition) is 0. The summed E-state index contributed by atoms with van der Waals surface area (Å²) in [5.41, 5.74) is 17.4. The minimum absolute atomic E-state index is 0.834. The van der Waals surface area contributed by atoms with Crippen LogP contribution in [0.4, 0.5) is 34.1 Å². The fourth-order valence-corrected chi connectivity index (χ4v) is 13.1. The first-order chi connectivity index (χ1) is 39.2. The van der Waals surface area contributed by atoms with E-state index in [4.69, 9.17) is 8.83 Å². The van der Waals surface area contributed by atoms with Crippen molar-refractivity contribution in [2.24, 2.45) is 0 Å². The Kier molecular flexibility index (Phi) is 9.35. The number of aromatic nitrogens is 1. The molecule has 0 saturated carbocycles. The number of hydrogen-bond acceptors (Lipinski definition) is 4. The molecule has 0 atom stereocenters. The first kappa shape index (κ1) is 43.6. The van der Waals surface area contributed by atoms with Crippen molar-refractivity contribution in [2.45, 2.75) is 0 Å². The molecule has 0 unspecified atom stereocenters. The highest BCUT2D eigenvalue weighted by atomic mass is 16.3. The molecule has 0 spiro atoms. The highest BCUT2D eigenvalue weighted by molar-refractivity contribution is 6.34. The van der Waals surface area contributed by atoms with Gasteiger partial charge in [0.25, 0.3) is 0 Å². The third-order valence-electron chi connectivity index (χ3n) is 16.4. The van der Waals surface area contributed by atoms with Gasteiger partial charge in [-0.05, 0) is 70.4 Å². The molecule has 0 aliphatic carbocycles. The van der Waals surface area contributed by atoms with E-state index in [1.165, 1.54) is 27.1 Å². The zero-order valence-corrected chi connectivity index (χ0v) is 42.6. The zero-order valence-electron chi connectivity index (χ0n) is 42.6. The molecule has 5 nitrogen and oxygen atoms in total. The molecule has 0 amide bonds. The van der Waals surface area contributed by atoms with Gasteiger partial charge in [-0.3, -0.25) is 0 Å². The van der Waals surface area contributed by atoms with Crippen LogP contribution in [0.5, 0.6) is 0 Å². The van der Waals surface area contributed by atoms with E-state index in [0.29, 0.717) is 0 Å². The minimum atomic E-state index is 0.834. The summed E-state index contributed by atoms with van der Waals surface area (Å²) in [6.07, 6.45) is 0. The smallest absolute Gasteiger partial charge is 0.159 e. The summed E-state index contributed by atoms with van der Waals surface area (Å²) in [5, 5.41) is 13.5. The van der Waals surface area contributed by atoms with Gasteiger partial charge < -0.3 is 23.0 Å². The van der Waals surface area contributed by atoms with Gasteiger partial charge >= 0.3 is 0 Å². The lowest BCUT2D eigenvalue weighted by Crippen LogP contribution is -2.11. The van der Waals surface area contributed by atoms with Crippen molar-refractivity contribution in [3.8, 4) is 22.3 Å². The molecule has 17 rings (SSSR count). The average Bonchev–Trinajstić information content (AvgIpc) is 3.19. The predicted molar refractivity (Wildman–Crippen MR) is 331 cm³/mol. The molecule has 17 aromatic rings. The van der Waals surface area contributed by atoms with Gasteiger partial charge in [-0.2, -0.15) is 0 Å². The lowest BCUT2D eigenvalue weighted by Gasteiger charge is -2.28. The number of rotatable bonds is 8. The largest absolute Gasteiger partial charge is 0.453 e. The van der Waals surface area contributed by atoms with E-state index >= 15 is 0 Å². The summed E-state index contributed by atoms with van der Waals surface area (Å²) in [6, 6.07) is 98.4. The van der Waals surface area contributed by atoms with E-state index in [9.17, 15) is 0 Å². The predicted octanol–water partition coefficient (Wildman–Crippen LogP) is 21.2. The van der Waals surface area contributed by atoms with Crippen molar-refractivity contribution in [3.05, 3.63) is 273 Å². The highest BCUT2D eigenvalue weighted by Gasteiger charge is 2.31. The van der Waals surface area contributed by atoms with Crippen LogP contribution < -0.4 is 9.80 Å². The summed E-state index contributed by atoms with van der Waals surface area (Å²) in [6.45, 7) is 0. The summed E-state index contributed by atoms with van der Waals surface area (Å²) in [5.74, 6) is 0. The molecule has 4 heterocycles. The molecule has 368 valence electrons. The molecule has 0 fully saturated rings. The first-order valence-corrected chi connectivity index (χ1v) is 27.0. The highest BCUT2D eigenvalue weighted by Crippen LogP contribution is 2.55. The van der Waals surface area contributed by atoms with Gasteiger partial charge in [0.1, 0.15) is 11.2 Å². The zero-order chi connectivity index (χ0) is 51.7. The Morgan fingerprint density at radius 1 is 0.278 bits per heavy atom. The number of furan rings is 2. The molecule has 0 radical (unpaired) electrons. The van der Waals surface area contributed by atoms with Gasteiger partial charge in [0.2, 0.25) is 0 Å². The monoisotopic (exact) mass is 1010 g/mol. The number of para-hydroxylation sites is 7. The van der Waals surface area contributed by atoms with Crippen molar-refractivity contribution in [3.63, 3.8) is 0 Å². The normalized spacial score (nSPS) is 12.1. The Labute approximate surface area is 453 Å². The second-order valence-electron chi connectivity index (χ2n) is 20.7. The molecule has 5 heteroatoms. The van der Waals surface area contributed by atoms with E-state index in [-0.39, 0.29) is 0 Å². The van der Waals surface area contributed by atoms with E-state index in [2.05, 4.69) is 287 Å². The van der Waals surface area contributed by atoms with Gasteiger partial charge in [-0.25, -0.2) is 0 Å². The Morgan fingerprint density at radius 3 is 1.06 bits per heavy atom. The lowest BCUT2D eigenvalue weighted by molar-refractivity contribution is 0.670. The topological polar surface area (TPSA) is 37.2 Å². The Balaban J connectivity index is 0.983. The van der Waals surface area contributed by atoms with Crippen LogP contribution >= 0.6 is 0 Å². The van der Waals surface area contributed by atoms with Gasteiger partial charge in [0, 0.05) is 76.4 Å². The number of fused-ring (bicyclic) bond motifs is 14. The van der Waals surface area contributed by atoms with E-state index in [0.717, 1.165) is 133 Å². The maximum Gasteiger partial charge on any atom is 0.159 e. The maximum atomic E-state index is 7.25. The van der Waals surface area contributed by atoms with Crippen LogP contribution in [0.15, 0.2) is 282 Å². The summed E-state index contributed by atoms with van der Waals surface area (Å²) >= 11 is 0. The molecule has 4 aromatic heterocycles. The van der Waals surface area contributed by atoms with Crippen molar-refractivity contribution >= 4 is 138 Å². The lowest BCUT2D eigenvalue weighted by atomic mass is 9.97. The van der Waals surface area contributed by atoms with Crippen LogP contribution in [0, 0.1) is 0 Å². The van der Waals surface area contributed by atoms with Crippen LogP contribution in [0.3, 0.4) is 0 Å². The average molecular weight is 1010 g/mol. The van der Waals surface area contributed by atoms with E-state index in [1.807, 2.05) is 0 Å². The van der Waals surface area contributed by atoms with Crippen molar-refractivity contribution in [1.29, 1.82) is 0 Å². The Bertz CT molecular complexity index is 4930. The standard InChI is InChI=1S/C74H45N3O2/c1-5-22-46(23-6-1)54-34-17-36-56-58-38-20-42-62(73(58)78-71(54)56)75(50-28-9-3-10-29-50)69-52-32-15-13-26-48(52)44-64-66(69)60-40-19-41-61-67-65(77(64)68(60)61)45-49-27-14-16-33-53(49)70(67)76(51-30-11-4-12-31-51)63-43-21-39-59-57-37-18-35-55(72(57)79-74(59)63)47-24-7-2-8-25-47/h1-45H. The number of anilines is 6. The molecule has 79 heavy (non-hydrogen) atoms. The fraction of sp³-hybridized carbons (Fsp3) is 0. The minimum Gasteiger partial charge on any atom is -0.453 e. The van der Waals surface area contributed by atoms with E-state index < -0.39 is 0 Å². The first-order valence-electron chi connectivity index (χ1n) is 27.0. The third-order valence-corrected chi connectivity index (χ3v) is 16.4.